The van der Waals surface area contributed by atoms with Gasteiger partial charge in [0.15, 0.2) is 111 Å². The molecule has 0 saturated carbocycles. The molecule has 0 aromatic rings. The van der Waals surface area contributed by atoms with Gasteiger partial charge in [-0.05, 0) is 13.8 Å². The predicted molar refractivity (Wildman–Crippen MR) is 336 cm³/mol. The van der Waals surface area contributed by atoms with Gasteiger partial charge in [-0.2, -0.15) is 0 Å². The zero-order valence-corrected chi connectivity index (χ0v) is 62.3. The van der Waals surface area contributed by atoms with Gasteiger partial charge in [0.1, 0.15) is 74.3 Å². The third-order valence-corrected chi connectivity index (χ3v) is 16.8. The molecule has 0 radical (unpaired) electrons. The molecular formula is C66H92O42. The standard InChI is InChI=1S/C66H92O42/c1-23-43-49(87-27(5)69)55(93-33(11)75)61(85-23)105-47-41(21-83-25(3)67)101-65(59(97-37(15)79)53(47)91-31(9)73)108-46-40(20-82-18)100-64(58(96-36(14)78)52(46)90-30(8)72)104-44-24(2)86-62(56(94-34(12)76)50(44)88-28(6)70)106-48-42(22-84-26(4)68)102-66(60(98-38(16)80)54(48)92-32(10)74)107-45-39(19-81-17)99-63(103-43)57(95-35(13)77)51(45)89-29(7)71/h23-24,39-66H,19-22H2,1-18H3/t23-,24-,39-,40-,41-,42-,43-,44-,45-,46-,47-,48-,49+,50+,51+,52+,53+,54+,55-,56-,57-,58-,59-,60-,61-,62-,63-,64-,65-,66-/m1/s1. The number of ether oxygens (including phenoxy) is 28. The Labute approximate surface area is 617 Å². The molecule has 22 aliphatic rings. The van der Waals surface area contributed by atoms with E-state index in [1.54, 1.807) is 0 Å². The number of methoxy groups -OCH3 is 2. The summed E-state index contributed by atoms with van der Waals surface area (Å²) in [6.45, 7) is 12.8. The average Bonchev–Trinajstić information content (AvgIpc) is 0.762. The van der Waals surface area contributed by atoms with Crippen molar-refractivity contribution in [2.24, 2.45) is 0 Å². The lowest BCUT2D eigenvalue weighted by Crippen LogP contribution is -2.70. The normalized spacial score (nSPS) is 37.5. The molecule has 42 heteroatoms. The van der Waals surface area contributed by atoms with Crippen LogP contribution in [0.25, 0.3) is 0 Å². The Morgan fingerprint density at radius 2 is 0.361 bits per heavy atom. The Kier molecular flexibility index (Phi) is 31.6. The maximum atomic E-state index is 13.6. The van der Waals surface area contributed by atoms with E-state index in [1.807, 2.05) is 0 Å². The molecule has 22 aliphatic heterocycles. The molecule has 22 fully saturated rings. The van der Waals surface area contributed by atoms with E-state index in [-0.39, 0.29) is 0 Å². The van der Waals surface area contributed by atoms with Crippen LogP contribution in [0.1, 0.15) is 111 Å². The fourth-order valence-electron chi connectivity index (χ4n) is 13.2. The molecule has 22 saturated heterocycles. The summed E-state index contributed by atoms with van der Waals surface area (Å²) in [4.78, 5) is 188. The van der Waals surface area contributed by atoms with E-state index in [0.717, 1.165) is 96.9 Å². The van der Waals surface area contributed by atoms with Crippen LogP contribution in [0.2, 0.25) is 0 Å². The van der Waals surface area contributed by atoms with Crippen molar-refractivity contribution < 1.29 is 200 Å². The molecule has 22 heterocycles. The summed E-state index contributed by atoms with van der Waals surface area (Å²) >= 11 is 0. The number of rotatable bonds is 20. The fourth-order valence-corrected chi connectivity index (χ4v) is 13.2. The SMILES string of the molecule is COC[C@H]1O[C@@H]2O[C@H]3[C@H](OC(C)=O)[C@@H](OC(C)=O)[C@@H](O[C@H]4[C@H](OC(C)=O)[C@@H](OC(C)=O)[C@@H](O[C@H]5[C@H](OC(C)=O)[C@@H](OC(C)=O)[C@@H](O[C@H]6[C@H](OC(C)=O)[C@@H](OC(C)=O)[C@@H](O[C@H]7[C@H](OC(C)=O)[C@@H](OC(C)=O)[C@@H](O[C@H]1[C@H](OC(C)=O)[C@H]2OC(C)=O)O[C@@H]7COC(C)=O)O[C@@H]6C)O[C@@H]5COC)O[C@@H]4COC(C)=O)O[C@@H]3C. The first-order valence-corrected chi connectivity index (χ1v) is 34.0. The van der Waals surface area contributed by atoms with E-state index >= 15 is 0 Å². The van der Waals surface area contributed by atoms with Crippen LogP contribution in [0.3, 0.4) is 0 Å². The van der Waals surface area contributed by atoms with Gasteiger partial charge in [0.2, 0.25) is 0 Å². The number of esters is 14. The highest BCUT2D eigenvalue weighted by atomic mass is 16.8. The maximum absolute atomic E-state index is 13.6. The second-order valence-electron chi connectivity index (χ2n) is 25.6. The quantitative estimate of drug-likeness (QED) is 0.0968. The highest BCUT2D eigenvalue weighted by molar-refractivity contribution is 5.71. The Balaban J connectivity index is 1.54. The third-order valence-electron chi connectivity index (χ3n) is 16.8. The number of carbonyl (C=O) groups excluding carboxylic acids is 14. The van der Waals surface area contributed by atoms with Gasteiger partial charge in [-0.15, -0.1) is 0 Å². The Hall–Kier alpha value is -7.98. The second-order valence-corrected chi connectivity index (χ2v) is 25.6. The number of carbonyl (C=O) groups is 14. The first-order valence-electron chi connectivity index (χ1n) is 34.0. The van der Waals surface area contributed by atoms with Crippen molar-refractivity contribution in [3.05, 3.63) is 0 Å². The van der Waals surface area contributed by atoms with Crippen molar-refractivity contribution >= 4 is 83.6 Å². The third kappa shape index (κ3) is 23.1. The van der Waals surface area contributed by atoms with E-state index in [9.17, 15) is 67.1 Å². The van der Waals surface area contributed by atoms with Crippen molar-refractivity contribution in [2.75, 3.05) is 40.6 Å². The van der Waals surface area contributed by atoms with Gasteiger partial charge in [0.25, 0.3) is 0 Å². The lowest BCUT2D eigenvalue weighted by molar-refractivity contribution is -0.402. The van der Waals surface area contributed by atoms with Crippen molar-refractivity contribution in [1.82, 2.24) is 0 Å². The molecule has 30 atom stereocenters. The monoisotopic (exact) mass is 1560 g/mol. The van der Waals surface area contributed by atoms with Gasteiger partial charge in [0, 0.05) is 111 Å². The predicted octanol–water partition coefficient (Wildman–Crippen LogP) is -1.70. The molecule has 42 nitrogen and oxygen atoms in total. The van der Waals surface area contributed by atoms with Crippen LogP contribution in [0.5, 0.6) is 0 Å². The summed E-state index contributed by atoms with van der Waals surface area (Å²) in [5.41, 5.74) is 0. The summed E-state index contributed by atoms with van der Waals surface area (Å²) in [7, 11) is 2.37. The summed E-state index contributed by atoms with van der Waals surface area (Å²) in [6.07, 6.45) is -58.6. The second kappa shape index (κ2) is 39.1. The van der Waals surface area contributed by atoms with Crippen LogP contribution in [0.15, 0.2) is 0 Å². The first kappa shape index (κ1) is 87.2. The molecule has 608 valence electrons. The fraction of sp³-hybridized carbons (Fsp3) is 0.788. The number of hydrogen-bond acceptors (Lipinski definition) is 42. The molecule has 0 aliphatic carbocycles. The Morgan fingerprint density at radius 3 is 0.537 bits per heavy atom. The summed E-state index contributed by atoms with van der Waals surface area (Å²) in [5.74, 6) is -15.2. The zero-order chi connectivity index (χ0) is 80.0. The van der Waals surface area contributed by atoms with Crippen LogP contribution < -0.4 is 0 Å². The molecular weight excluding hydrogens is 1460 g/mol. The Morgan fingerprint density at radius 1 is 0.204 bits per heavy atom. The maximum Gasteiger partial charge on any atom is 0.303 e. The van der Waals surface area contributed by atoms with Crippen LogP contribution >= 0.6 is 0 Å². The van der Waals surface area contributed by atoms with Gasteiger partial charge >= 0.3 is 83.6 Å². The molecule has 12 bridgehead atoms. The van der Waals surface area contributed by atoms with Crippen molar-refractivity contribution in [2.45, 2.75) is 295 Å². The van der Waals surface area contributed by atoms with Gasteiger partial charge in [0.05, 0.1) is 25.4 Å². The number of hydrogen-bond donors (Lipinski definition) is 0. The van der Waals surface area contributed by atoms with Crippen LogP contribution in [-0.4, -0.2) is 308 Å². The Bertz CT molecular complexity index is 3010. The van der Waals surface area contributed by atoms with Crippen molar-refractivity contribution in [3.8, 4) is 0 Å². The molecule has 0 aromatic carbocycles. The van der Waals surface area contributed by atoms with Gasteiger partial charge in [-0.1, -0.05) is 0 Å². The summed E-state index contributed by atoms with van der Waals surface area (Å²) in [5, 5.41) is 0. The van der Waals surface area contributed by atoms with Gasteiger partial charge in [-0.25, -0.2) is 0 Å². The minimum absolute atomic E-state index is 0.602. The molecule has 108 heavy (non-hydrogen) atoms. The van der Waals surface area contributed by atoms with E-state index in [0.29, 0.717) is 0 Å². The zero-order valence-electron chi connectivity index (χ0n) is 62.3. The average molecular weight is 1560 g/mol. The lowest BCUT2D eigenvalue weighted by Gasteiger charge is -2.52. The molecule has 0 N–H and O–H groups in total. The van der Waals surface area contributed by atoms with Crippen molar-refractivity contribution in [3.63, 3.8) is 0 Å². The van der Waals surface area contributed by atoms with Gasteiger partial charge < -0.3 is 133 Å². The topological polar surface area (TPSA) is 497 Å². The molecule has 22 rings (SSSR count). The van der Waals surface area contributed by atoms with Gasteiger partial charge in [-0.3, -0.25) is 67.1 Å². The molecule has 0 spiro atoms. The van der Waals surface area contributed by atoms with Crippen molar-refractivity contribution in [1.29, 1.82) is 0 Å². The van der Waals surface area contributed by atoms with Crippen LogP contribution in [0, 0.1) is 0 Å². The summed E-state index contributed by atoms with van der Waals surface area (Å²) in [6, 6.07) is 0. The minimum atomic E-state index is -2.16. The lowest BCUT2D eigenvalue weighted by atomic mass is 9.94. The largest absolute Gasteiger partial charge is 0.463 e. The highest BCUT2D eigenvalue weighted by Crippen LogP contribution is 2.43. The van der Waals surface area contributed by atoms with Crippen LogP contribution in [-0.2, 0) is 200 Å². The van der Waals surface area contributed by atoms with E-state index in [4.69, 9.17) is 133 Å². The van der Waals surface area contributed by atoms with E-state index < -0.39 is 294 Å². The van der Waals surface area contributed by atoms with E-state index in [2.05, 4.69) is 0 Å². The molecule has 0 amide bonds. The first-order chi connectivity index (χ1) is 50.8. The smallest absolute Gasteiger partial charge is 0.303 e. The molecule has 0 unspecified atom stereocenters. The summed E-state index contributed by atoms with van der Waals surface area (Å²) < 4.78 is 172. The van der Waals surface area contributed by atoms with Crippen LogP contribution in [0.4, 0.5) is 0 Å². The highest BCUT2D eigenvalue weighted by Gasteiger charge is 2.64. The van der Waals surface area contributed by atoms with E-state index in [1.165, 1.54) is 28.1 Å². The minimum Gasteiger partial charge on any atom is -0.463 e. The molecule has 0 aromatic heterocycles.